The molecule has 0 amide bonds. The maximum Gasteiger partial charge on any atom is 0.122 e. The van der Waals surface area contributed by atoms with Gasteiger partial charge in [0, 0.05) is 5.88 Å². The zero-order valence-electron chi connectivity index (χ0n) is 9.01. The van der Waals surface area contributed by atoms with Gasteiger partial charge in [-0.15, -0.1) is 11.6 Å². The van der Waals surface area contributed by atoms with Crippen molar-refractivity contribution in [2.75, 3.05) is 13.0 Å². The summed E-state index contributed by atoms with van der Waals surface area (Å²) in [5.41, 5.74) is 2.52. The van der Waals surface area contributed by atoms with Gasteiger partial charge in [0.05, 0.1) is 7.11 Å². The molecule has 0 saturated carbocycles. The Labute approximate surface area is 91.0 Å². The summed E-state index contributed by atoms with van der Waals surface area (Å²) < 4.78 is 5.30. The average Bonchev–Trinajstić information content (AvgIpc) is 2.18. The van der Waals surface area contributed by atoms with Gasteiger partial charge in [-0.3, -0.25) is 0 Å². The van der Waals surface area contributed by atoms with Crippen LogP contribution in [0.15, 0.2) is 18.2 Å². The Morgan fingerprint density at radius 3 is 2.71 bits per heavy atom. The molecule has 1 rings (SSSR count). The number of aryl methyl sites for hydroxylation is 1. The Hall–Kier alpha value is -0.690. The van der Waals surface area contributed by atoms with Crippen molar-refractivity contribution >= 4 is 11.6 Å². The molecule has 0 aliphatic carbocycles. The summed E-state index contributed by atoms with van der Waals surface area (Å²) in [7, 11) is 1.71. The van der Waals surface area contributed by atoms with Gasteiger partial charge in [-0.05, 0) is 30.9 Å². The molecule has 1 atom stereocenters. The smallest absolute Gasteiger partial charge is 0.122 e. The summed E-state index contributed by atoms with van der Waals surface area (Å²) in [6.45, 7) is 4.24. The van der Waals surface area contributed by atoms with Crippen LogP contribution in [-0.4, -0.2) is 13.0 Å². The van der Waals surface area contributed by atoms with Crippen molar-refractivity contribution in [2.45, 2.75) is 20.3 Å². The van der Waals surface area contributed by atoms with E-state index in [0.717, 1.165) is 12.2 Å². The SMILES string of the molecule is COc1ccc(C)cc1CC(C)CCl. The average molecular weight is 213 g/mol. The predicted molar refractivity (Wildman–Crippen MR) is 61.3 cm³/mol. The van der Waals surface area contributed by atoms with Crippen LogP contribution in [0.5, 0.6) is 5.75 Å². The van der Waals surface area contributed by atoms with E-state index in [1.165, 1.54) is 11.1 Å². The molecule has 0 fully saturated rings. The van der Waals surface area contributed by atoms with E-state index in [1.54, 1.807) is 7.11 Å². The van der Waals surface area contributed by atoms with Crippen LogP contribution in [0.3, 0.4) is 0 Å². The topological polar surface area (TPSA) is 9.23 Å². The van der Waals surface area contributed by atoms with Crippen LogP contribution < -0.4 is 4.74 Å². The largest absolute Gasteiger partial charge is 0.496 e. The molecular formula is C12H17ClO. The number of methoxy groups -OCH3 is 1. The third-order valence-electron chi connectivity index (χ3n) is 2.27. The molecule has 0 aromatic heterocycles. The van der Waals surface area contributed by atoms with Crippen molar-refractivity contribution in [1.82, 2.24) is 0 Å². The number of rotatable bonds is 4. The van der Waals surface area contributed by atoms with Gasteiger partial charge < -0.3 is 4.74 Å². The molecule has 0 radical (unpaired) electrons. The Morgan fingerprint density at radius 1 is 1.43 bits per heavy atom. The van der Waals surface area contributed by atoms with Crippen molar-refractivity contribution in [2.24, 2.45) is 5.92 Å². The molecule has 0 bridgehead atoms. The highest BCUT2D eigenvalue weighted by Gasteiger charge is 2.07. The fraction of sp³-hybridized carbons (Fsp3) is 0.500. The van der Waals surface area contributed by atoms with E-state index in [-0.39, 0.29) is 0 Å². The molecule has 0 heterocycles. The van der Waals surface area contributed by atoms with E-state index in [0.29, 0.717) is 11.8 Å². The Morgan fingerprint density at radius 2 is 2.14 bits per heavy atom. The summed E-state index contributed by atoms with van der Waals surface area (Å²) in [5, 5.41) is 0. The lowest BCUT2D eigenvalue weighted by molar-refractivity contribution is 0.407. The first-order valence-corrected chi connectivity index (χ1v) is 5.40. The summed E-state index contributed by atoms with van der Waals surface area (Å²) in [4.78, 5) is 0. The lowest BCUT2D eigenvalue weighted by atomic mass is 10.0. The van der Waals surface area contributed by atoms with E-state index < -0.39 is 0 Å². The fourth-order valence-corrected chi connectivity index (χ4v) is 1.61. The summed E-state index contributed by atoms with van der Waals surface area (Å²) in [5.74, 6) is 2.15. The van der Waals surface area contributed by atoms with Crippen LogP contribution >= 0.6 is 11.6 Å². The second-order valence-corrected chi connectivity index (χ2v) is 4.09. The second kappa shape index (κ2) is 5.26. The van der Waals surface area contributed by atoms with Crippen LogP contribution in [0, 0.1) is 12.8 Å². The summed E-state index contributed by atoms with van der Waals surface area (Å²) >= 11 is 5.80. The molecule has 1 unspecified atom stereocenters. The fourth-order valence-electron chi connectivity index (χ4n) is 1.50. The molecule has 0 aliphatic heterocycles. The number of benzene rings is 1. The van der Waals surface area contributed by atoms with E-state index in [1.807, 2.05) is 6.07 Å². The van der Waals surface area contributed by atoms with Crippen molar-refractivity contribution in [3.63, 3.8) is 0 Å². The highest BCUT2D eigenvalue weighted by molar-refractivity contribution is 6.18. The van der Waals surface area contributed by atoms with Gasteiger partial charge in [-0.2, -0.15) is 0 Å². The van der Waals surface area contributed by atoms with E-state index in [9.17, 15) is 0 Å². The number of hydrogen-bond donors (Lipinski definition) is 0. The third-order valence-corrected chi connectivity index (χ3v) is 2.79. The highest BCUT2D eigenvalue weighted by atomic mass is 35.5. The molecule has 1 nitrogen and oxygen atoms in total. The minimum Gasteiger partial charge on any atom is -0.496 e. The van der Waals surface area contributed by atoms with Crippen molar-refractivity contribution in [3.05, 3.63) is 29.3 Å². The molecule has 1 aromatic carbocycles. The Bertz CT molecular complexity index is 296. The summed E-state index contributed by atoms with van der Waals surface area (Å²) in [6.07, 6.45) is 0.981. The molecule has 78 valence electrons. The molecule has 14 heavy (non-hydrogen) atoms. The number of halogens is 1. The monoisotopic (exact) mass is 212 g/mol. The first kappa shape index (κ1) is 11.4. The van der Waals surface area contributed by atoms with Crippen LogP contribution in [0.4, 0.5) is 0 Å². The molecule has 1 aromatic rings. The molecule has 2 heteroatoms. The maximum absolute atomic E-state index is 5.80. The van der Waals surface area contributed by atoms with Crippen molar-refractivity contribution in [1.29, 1.82) is 0 Å². The minimum atomic E-state index is 0.493. The maximum atomic E-state index is 5.80. The standard InChI is InChI=1S/C12H17ClO/c1-9-4-5-12(14-3)11(6-9)7-10(2)8-13/h4-6,10H,7-8H2,1-3H3. The Balaban J connectivity index is 2.87. The Kier molecular flexibility index (Phi) is 4.27. The first-order chi connectivity index (χ1) is 6.67. The highest BCUT2D eigenvalue weighted by Crippen LogP contribution is 2.22. The van der Waals surface area contributed by atoms with Crippen molar-refractivity contribution < 1.29 is 4.74 Å². The van der Waals surface area contributed by atoms with E-state index >= 15 is 0 Å². The number of alkyl halides is 1. The van der Waals surface area contributed by atoms with Gasteiger partial charge in [0.25, 0.3) is 0 Å². The predicted octanol–water partition coefficient (Wildman–Crippen LogP) is 3.42. The molecule has 0 spiro atoms. The number of ether oxygens (including phenoxy) is 1. The normalized spacial score (nSPS) is 12.6. The summed E-state index contributed by atoms with van der Waals surface area (Å²) in [6, 6.07) is 6.25. The van der Waals surface area contributed by atoms with Crippen LogP contribution in [0.1, 0.15) is 18.1 Å². The minimum absolute atomic E-state index is 0.493. The third kappa shape index (κ3) is 2.91. The van der Waals surface area contributed by atoms with Crippen LogP contribution in [-0.2, 0) is 6.42 Å². The van der Waals surface area contributed by atoms with Gasteiger partial charge >= 0.3 is 0 Å². The lowest BCUT2D eigenvalue weighted by Crippen LogP contribution is -2.03. The molecule has 0 N–H and O–H groups in total. The zero-order chi connectivity index (χ0) is 10.6. The van der Waals surface area contributed by atoms with Crippen LogP contribution in [0.25, 0.3) is 0 Å². The van der Waals surface area contributed by atoms with Crippen molar-refractivity contribution in [3.8, 4) is 5.75 Å². The molecule has 0 saturated heterocycles. The van der Waals surface area contributed by atoms with Crippen LogP contribution in [0.2, 0.25) is 0 Å². The van der Waals surface area contributed by atoms with E-state index in [4.69, 9.17) is 16.3 Å². The number of hydrogen-bond acceptors (Lipinski definition) is 1. The molecular weight excluding hydrogens is 196 g/mol. The second-order valence-electron chi connectivity index (χ2n) is 3.78. The molecule has 0 aliphatic rings. The lowest BCUT2D eigenvalue weighted by Gasteiger charge is -2.12. The van der Waals surface area contributed by atoms with Gasteiger partial charge in [-0.1, -0.05) is 24.6 Å². The van der Waals surface area contributed by atoms with Gasteiger partial charge in [0.15, 0.2) is 0 Å². The van der Waals surface area contributed by atoms with E-state index in [2.05, 4.69) is 26.0 Å². The quantitative estimate of drug-likeness (QED) is 0.695. The first-order valence-electron chi connectivity index (χ1n) is 4.87. The van der Waals surface area contributed by atoms with Gasteiger partial charge in [0.1, 0.15) is 5.75 Å². The zero-order valence-corrected chi connectivity index (χ0v) is 9.77. The van der Waals surface area contributed by atoms with Gasteiger partial charge in [-0.25, -0.2) is 0 Å². The van der Waals surface area contributed by atoms with Gasteiger partial charge in [0.2, 0.25) is 0 Å².